The van der Waals surface area contributed by atoms with Gasteiger partial charge in [0.1, 0.15) is 0 Å². The molecule has 1 aliphatic rings. The van der Waals surface area contributed by atoms with E-state index in [1.807, 2.05) is 24.3 Å². The number of hydrogen-bond donors (Lipinski definition) is 1. The number of halogens is 2. The van der Waals surface area contributed by atoms with Gasteiger partial charge in [-0.2, -0.15) is 0 Å². The first-order valence-corrected chi connectivity index (χ1v) is 8.87. The Morgan fingerprint density at radius 2 is 1.58 bits per heavy atom. The van der Waals surface area contributed by atoms with Crippen LogP contribution in [0.25, 0.3) is 11.1 Å². The first-order chi connectivity index (χ1) is 11.5. The average Bonchev–Trinajstić information content (AvgIpc) is 2.60. The van der Waals surface area contributed by atoms with E-state index >= 15 is 0 Å². The Hall–Kier alpha value is -1.90. The number of nitrogen functional groups attached to an aromatic ring is 1. The van der Waals surface area contributed by atoms with Crippen LogP contribution in [0.3, 0.4) is 0 Å². The van der Waals surface area contributed by atoms with Gasteiger partial charge in [-0.25, -0.2) is 8.78 Å². The summed E-state index contributed by atoms with van der Waals surface area (Å²) in [6.07, 6.45) is 7.66. The van der Waals surface area contributed by atoms with Gasteiger partial charge in [0.2, 0.25) is 0 Å². The molecule has 0 saturated heterocycles. The third kappa shape index (κ3) is 3.77. The Balaban J connectivity index is 1.64. The number of aryl methyl sites for hydroxylation is 1. The van der Waals surface area contributed by atoms with Crippen molar-refractivity contribution in [3.05, 3.63) is 53.6 Å². The minimum Gasteiger partial charge on any atom is -0.396 e. The maximum absolute atomic E-state index is 14.0. The minimum atomic E-state index is -0.969. The molecule has 0 atom stereocenters. The second-order valence-electron chi connectivity index (χ2n) is 7.19. The van der Waals surface area contributed by atoms with Crippen molar-refractivity contribution < 1.29 is 8.78 Å². The molecular formula is C21H25F2N. The number of rotatable bonds is 4. The molecule has 2 aromatic carbocycles. The third-order valence-electron chi connectivity index (χ3n) is 5.35. The van der Waals surface area contributed by atoms with E-state index in [9.17, 15) is 8.78 Å². The molecule has 2 N–H and O–H groups in total. The van der Waals surface area contributed by atoms with Gasteiger partial charge in [0.15, 0.2) is 11.6 Å². The topological polar surface area (TPSA) is 26.0 Å². The van der Waals surface area contributed by atoms with Crippen LogP contribution in [-0.2, 0) is 6.42 Å². The molecule has 0 bridgehead atoms. The molecule has 1 nitrogen and oxygen atoms in total. The summed E-state index contributed by atoms with van der Waals surface area (Å²) in [6.45, 7) is 2.34. The molecule has 0 heterocycles. The molecule has 0 spiro atoms. The van der Waals surface area contributed by atoms with Gasteiger partial charge in [-0.05, 0) is 47.9 Å². The van der Waals surface area contributed by atoms with Crippen molar-refractivity contribution in [2.45, 2.75) is 45.4 Å². The smallest absolute Gasteiger partial charge is 0.182 e. The van der Waals surface area contributed by atoms with Gasteiger partial charge in [0.05, 0.1) is 5.69 Å². The molecule has 0 unspecified atom stereocenters. The van der Waals surface area contributed by atoms with Crippen molar-refractivity contribution in [2.24, 2.45) is 11.8 Å². The Labute approximate surface area is 142 Å². The second kappa shape index (κ2) is 7.33. The van der Waals surface area contributed by atoms with E-state index in [2.05, 4.69) is 6.92 Å². The SMILES string of the molecule is CC1CCC(CCc2ccc(-c3ccc(N)c(F)c3F)cc2)CC1. The molecule has 2 aromatic rings. The zero-order valence-electron chi connectivity index (χ0n) is 14.2. The highest BCUT2D eigenvalue weighted by Gasteiger charge is 2.18. The summed E-state index contributed by atoms with van der Waals surface area (Å²) >= 11 is 0. The van der Waals surface area contributed by atoms with E-state index in [1.54, 1.807) is 0 Å². The Bertz CT molecular complexity index is 686. The van der Waals surface area contributed by atoms with Crippen LogP contribution < -0.4 is 5.73 Å². The molecule has 128 valence electrons. The number of benzene rings is 2. The monoisotopic (exact) mass is 329 g/mol. The fourth-order valence-electron chi connectivity index (χ4n) is 3.63. The number of anilines is 1. The lowest BCUT2D eigenvalue weighted by Gasteiger charge is -2.26. The predicted octanol–water partition coefficient (Wildman–Crippen LogP) is 5.97. The molecule has 3 rings (SSSR count). The third-order valence-corrected chi connectivity index (χ3v) is 5.35. The van der Waals surface area contributed by atoms with Gasteiger partial charge in [-0.3, -0.25) is 0 Å². The number of nitrogens with two attached hydrogens (primary N) is 1. The molecule has 1 aliphatic carbocycles. The fourth-order valence-corrected chi connectivity index (χ4v) is 3.63. The Morgan fingerprint density at radius 1 is 0.917 bits per heavy atom. The van der Waals surface area contributed by atoms with Gasteiger partial charge in [-0.15, -0.1) is 0 Å². The number of hydrogen-bond acceptors (Lipinski definition) is 1. The van der Waals surface area contributed by atoms with Crippen LogP contribution in [0.1, 0.15) is 44.6 Å². The molecule has 1 fully saturated rings. The maximum Gasteiger partial charge on any atom is 0.182 e. The van der Waals surface area contributed by atoms with Gasteiger partial charge in [0, 0.05) is 5.56 Å². The molecule has 3 heteroatoms. The van der Waals surface area contributed by atoms with Crippen molar-refractivity contribution in [1.29, 1.82) is 0 Å². The van der Waals surface area contributed by atoms with Crippen LogP contribution in [-0.4, -0.2) is 0 Å². The molecule has 24 heavy (non-hydrogen) atoms. The van der Waals surface area contributed by atoms with Crippen molar-refractivity contribution in [3.8, 4) is 11.1 Å². The lowest BCUT2D eigenvalue weighted by atomic mass is 9.80. The van der Waals surface area contributed by atoms with Crippen molar-refractivity contribution in [3.63, 3.8) is 0 Å². The first kappa shape index (κ1) is 16.9. The molecule has 0 aromatic heterocycles. The van der Waals surface area contributed by atoms with Crippen LogP contribution in [0, 0.1) is 23.5 Å². The van der Waals surface area contributed by atoms with E-state index in [4.69, 9.17) is 5.73 Å². The summed E-state index contributed by atoms with van der Waals surface area (Å²) in [7, 11) is 0. The van der Waals surface area contributed by atoms with E-state index in [0.717, 1.165) is 18.3 Å². The largest absolute Gasteiger partial charge is 0.396 e. The normalized spacial score (nSPS) is 21.0. The van der Waals surface area contributed by atoms with E-state index in [1.165, 1.54) is 49.8 Å². The minimum absolute atomic E-state index is 0.158. The quantitative estimate of drug-likeness (QED) is 0.687. The van der Waals surface area contributed by atoms with E-state index < -0.39 is 11.6 Å². The molecule has 0 amide bonds. The highest BCUT2D eigenvalue weighted by molar-refractivity contribution is 5.67. The van der Waals surface area contributed by atoms with Crippen molar-refractivity contribution in [1.82, 2.24) is 0 Å². The summed E-state index contributed by atoms with van der Waals surface area (Å²) in [5.41, 5.74) is 7.44. The fraction of sp³-hybridized carbons (Fsp3) is 0.429. The van der Waals surface area contributed by atoms with Crippen LogP contribution >= 0.6 is 0 Å². The predicted molar refractivity (Wildman–Crippen MR) is 95.6 cm³/mol. The lowest BCUT2D eigenvalue weighted by Crippen LogP contribution is -2.12. The van der Waals surface area contributed by atoms with Crippen LogP contribution in [0.5, 0.6) is 0 Å². The Morgan fingerprint density at radius 3 is 2.25 bits per heavy atom. The Kier molecular flexibility index (Phi) is 5.17. The van der Waals surface area contributed by atoms with Crippen LogP contribution in [0.4, 0.5) is 14.5 Å². The van der Waals surface area contributed by atoms with Crippen LogP contribution in [0.2, 0.25) is 0 Å². The van der Waals surface area contributed by atoms with Gasteiger partial charge in [0.25, 0.3) is 0 Å². The average molecular weight is 329 g/mol. The summed E-state index contributed by atoms with van der Waals surface area (Å²) in [5, 5.41) is 0. The highest BCUT2D eigenvalue weighted by Crippen LogP contribution is 2.32. The van der Waals surface area contributed by atoms with E-state index in [-0.39, 0.29) is 11.3 Å². The summed E-state index contributed by atoms with van der Waals surface area (Å²) in [6, 6.07) is 10.7. The van der Waals surface area contributed by atoms with Crippen molar-refractivity contribution >= 4 is 5.69 Å². The molecule has 0 aliphatic heterocycles. The van der Waals surface area contributed by atoms with Crippen LogP contribution in [0.15, 0.2) is 36.4 Å². The molecule has 1 saturated carbocycles. The summed E-state index contributed by atoms with van der Waals surface area (Å²) in [5.74, 6) is -0.123. The zero-order chi connectivity index (χ0) is 17.1. The molecular weight excluding hydrogens is 304 g/mol. The highest BCUT2D eigenvalue weighted by atomic mass is 19.2. The summed E-state index contributed by atoms with van der Waals surface area (Å²) < 4.78 is 27.6. The van der Waals surface area contributed by atoms with Gasteiger partial charge < -0.3 is 5.73 Å². The lowest BCUT2D eigenvalue weighted by molar-refractivity contribution is 0.278. The molecule has 0 radical (unpaired) electrons. The first-order valence-electron chi connectivity index (χ1n) is 8.87. The van der Waals surface area contributed by atoms with Gasteiger partial charge in [-0.1, -0.05) is 56.9 Å². The van der Waals surface area contributed by atoms with Crippen molar-refractivity contribution in [2.75, 3.05) is 5.73 Å². The van der Waals surface area contributed by atoms with E-state index in [0.29, 0.717) is 5.56 Å². The van der Waals surface area contributed by atoms with Gasteiger partial charge >= 0.3 is 0 Å². The standard InChI is InChI=1S/C21H25F2N/c1-14-2-4-15(5-3-14)6-7-16-8-10-17(11-9-16)18-12-13-19(24)21(23)20(18)22/h8-15H,2-7,24H2,1H3. The zero-order valence-corrected chi connectivity index (χ0v) is 14.2. The maximum atomic E-state index is 14.0. The summed E-state index contributed by atoms with van der Waals surface area (Å²) in [4.78, 5) is 0. The second-order valence-corrected chi connectivity index (χ2v) is 7.19.